The van der Waals surface area contributed by atoms with Crippen molar-refractivity contribution in [2.45, 2.75) is 26.2 Å². The fourth-order valence-electron chi connectivity index (χ4n) is 2.15. The lowest BCUT2D eigenvalue weighted by atomic mass is 9.77. The van der Waals surface area contributed by atoms with Crippen molar-refractivity contribution < 1.29 is 9.32 Å². The lowest BCUT2D eigenvalue weighted by Gasteiger charge is -2.35. The van der Waals surface area contributed by atoms with E-state index in [0.717, 1.165) is 32.4 Å². The van der Waals surface area contributed by atoms with E-state index in [2.05, 4.69) is 27.2 Å². The summed E-state index contributed by atoms with van der Waals surface area (Å²) >= 11 is 0. The molecule has 0 radical (unpaired) electrons. The summed E-state index contributed by atoms with van der Waals surface area (Å²) in [5, 5.41) is 9.70. The molecule has 1 amide bonds. The zero-order chi connectivity index (χ0) is 11.4. The number of piperidine rings is 1. The van der Waals surface area contributed by atoms with Gasteiger partial charge in [-0.25, -0.2) is 0 Å². The van der Waals surface area contributed by atoms with Crippen LogP contribution in [0.15, 0.2) is 17.0 Å². The predicted molar refractivity (Wildman–Crippen MR) is 60.0 cm³/mol. The molecule has 5 heteroatoms. The van der Waals surface area contributed by atoms with E-state index in [9.17, 15) is 4.79 Å². The third-order valence-corrected chi connectivity index (χ3v) is 3.32. The molecule has 0 saturated carbocycles. The zero-order valence-corrected chi connectivity index (χ0v) is 9.45. The second kappa shape index (κ2) is 4.65. The number of anilines is 1. The molecule has 0 bridgehead atoms. The first-order chi connectivity index (χ1) is 7.77. The number of nitrogens with zero attached hydrogens (tertiary/aromatic N) is 1. The van der Waals surface area contributed by atoms with E-state index in [4.69, 9.17) is 0 Å². The summed E-state index contributed by atoms with van der Waals surface area (Å²) in [5.41, 5.74) is 0.346. The summed E-state index contributed by atoms with van der Waals surface area (Å²) in [6.45, 7) is 3.81. The van der Waals surface area contributed by atoms with Gasteiger partial charge < -0.3 is 15.2 Å². The topological polar surface area (TPSA) is 67.2 Å². The molecule has 0 aliphatic carbocycles. The largest absolute Gasteiger partial charge is 0.363 e. The average molecular weight is 223 g/mol. The van der Waals surface area contributed by atoms with Gasteiger partial charge in [-0.15, -0.1) is 0 Å². The first-order valence-electron chi connectivity index (χ1n) is 5.68. The van der Waals surface area contributed by atoms with Crippen LogP contribution in [0.2, 0.25) is 0 Å². The van der Waals surface area contributed by atoms with E-state index in [1.807, 2.05) is 0 Å². The standard InChI is InChI=1S/C11H17N3O2/c1-2-11(4-3-5-12-8-11)10(15)14-9-6-13-16-7-9/h6-7,12H,2-5,8H2,1H3,(H,14,15). The SMILES string of the molecule is CCC1(C(=O)Nc2cnoc2)CCCNC1. The van der Waals surface area contributed by atoms with Crippen molar-refractivity contribution >= 4 is 11.6 Å². The van der Waals surface area contributed by atoms with Gasteiger partial charge in [0.05, 0.1) is 11.6 Å². The van der Waals surface area contributed by atoms with E-state index < -0.39 is 0 Å². The summed E-state index contributed by atoms with van der Waals surface area (Å²) < 4.78 is 4.69. The van der Waals surface area contributed by atoms with Gasteiger partial charge >= 0.3 is 0 Å². The van der Waals surface area contributed by atoms with E-state index in [-0.39, 0.29) is 11.3 Å². The van der Waals surface area contributed by atoms with Crippen LogP contribution in [-0.2, 0) is 4.79 Å². The van der Waals surface area contributed by atoms with E-state index in [1.54, 1.807) is 0 Å². The lowest BCUT2D eigenvalue weighted by molar-refractivity contribution is -0.126. The van der Waals surface area contributed by atoms with E-state index in [0.29, 0.717) is 5.69 Å². The Hall–Kier alpha value is -1.36. The first-order valence-corrected chi connectivity index (χ1v) is 5.68. The van der Waals surface area contributed by atoms with Gasteiger partial charge in [0.15, 0.2) is 0 Å². The van der Waals surface area contributed by atoms with Gasteiger partial charge in [-0.2, -0.15) is 0 Å². The number of amides is 1. The summed E-state index contributed by atoms with van der Waals surface area (Å²) in [7, 11) is 0. The minimum atomic E-state index is -0.282. The van der Waals surface area contributed by atoms with Gasteiger partial charge in [0, 0.05) is 6.54 Å². The molecule has 1 aromatic rings. The maximum Gasteiger partial charge on any atom is 0.231 e. The molecule has 16 heavy (non-hydrogen) atoms. The number of rotatable bonds is 3. The van der Waals surface area contributed by atoms with Crippen LogP contribution in [0.4, 0.5) is 5.69 Å². The Balaban J connectivity index is 2.06. The second-order valence-electron chi connectivity index (χ2n) is 4.28. The van der Waals surface area contributed by atoms with Crippen molar-refractivity contribution in [3.05, 3.63) is 12.5 Å². The summed E-state index contributed by atoms with van der Waals surface area (Å²) in [5.74, 6) is 0.0606. The highest BCUT2D eigenvalue weighted by molar-refractivity contribution is 5.95. The number of carbonyl (C=O) groups excluding carboxylic acids is 1. The number of hydrogen-bond acceptors (Lipinski definition) is 4. The van der Waals surface area contributed by atoms with Crippen LogP contribution in [0.3, 0.4) is 0 Å². The van der Waals surface area contributed by atoms with Crippen molar-refractivity contribution in [1.29, 1.82) is 0 Å². The molecular weight excluding hydrogens is 206 g/mol. The van der Waals surface area contributed by atoms with Gasteiger partial charge in [0.2, 0.25) is 5.91 Å². The molecule has 0 aromatic carbocycles. The zero-order valence-electron chi connectivity index (χ0n) is 9.45. The number of carbonyl (C=O) groups is 1. The molecule has 1 aromatic heterocycles. The van der Waals surface area contributed by atoms with Crippen molar-refractivity contribution in [3.8, 4) is 0 Å². The third-order valence-electron chi connectivity index (χ3n) is 3.32. The van der Waals surface area contributed by atoms with E-state index >= 15 is 0 Å². The maximum atomic E-state index is 12.2. The van der Waals surface area contributed by atoms with Crippen LogP contribution in [-0.4, -0.2) is 24.2 Å². The monoisotopic (exact) mass is 223 g/mol. The van der Waals surface area contributed by atoms with Gasteiger partial charge in [-0.3, -0.25) is 4.79 Å². The van der Waals surface area contributed by atoms with Crippen molar-refractivity contribution in [2.24, 2.45) is 5.41 Å². The molecule has 1 aliphatic rings. The summed E-state index contributed by atoms with van der Waals surface area (Å²) in [6.07, 6.45) is 5.78. The van der Waals surface area contributed by atoms with Gasteiger partial charge in [0.25, 0.3) is 0 Å². The van der Waals surface area contributed by atoms with Crippen molar-refractivity contribution in [2.75, 3.05) is 18.4 Å². The molecule has 2 heterocycles. The fraction of sp³-hybridized carbons (Fsp3) is 0.636. The quantitative estimate of drug-likeness (QED) is 0.812. The maximum absolute atomic E-state index is 12.2. The van der Waals surface area contributed by atoms with Gasteiger partial charge in [-0.1, -0.05) is 12.1 Å². The van der Waals surface area contributed by atoms with Crippen molar-refractivity contribution in [1.82, 2.24) is 10.5 Å². The highest BCUT2D eigenvalue weighted by Crippen LogP contribution is 2.31. The molecule has 1 fully saturated rings. The van der Waals surface area contributed by atoms with Gasteiger partial charge in [0.1, 0.15) is 12.0 Å². The van der Waals surface area contributed by atoms with Crippen LogP contribution in [0, 0.1) is 5.41 Å². The molecule has 1 atom stereocenters. The molecule has 2 N–H and O–H groups in total. The molecule has 1 saturated heterocycles. The Labute approximate surface area is 94.6 Å². The Kier molecular flexibility index (Phi) is 3.24. The molecule has 5 nitrogen and oxygen atoms in total. The van der Waals surface area contributed by atoms with Crippen LogP contribution in [0.25, 0.3) is 0 Å². The third kappa shape index (κ3) is 2.09. The molecular formula is C11H17N3O2. The highest BCUT2D eigenvalue weighted by Gasteiger charge is 2.37. The van der Waals surface area contributed by atoms with E-state index in [1.165, 1.54) is 12.5 Å². The lowest BCUT2D eigenvalue weighted by Crippen LogP contribution is -2.47. The molecule has 1 unspecified atom stereocenters. The Morgan fingerprint density at radius 3 is 3.19 bits per heavy atom. The Morgan fingerprint density at radius 1 is 1.75 bits per heavy atom. The van der Waals surface area contributed by atoms with Crippen LogP contribution in [0.1, 0.15) is 26.2 Å². The van der Waals surface area contributed by atoms with Crippen LogP contribution in [0.5, 0.6) is 0 Å². The smallest absolute Gasteiger partial charge is 0.231 e. The first kappa shape index (κ1) is 11.1. The number of aromatic nitrogens is 1. The number of hydrogen-bond donors (Lipinski definition) is 2. The molecule has 2 rings (SSSR count). The second-order valence-corrected chi connectivity index (χ2v) is 4.28. The summed E-state index contributed by atoms with van der Waals surface area (Å²) in [6, 6.07) is 0. The predicted octanol–water partition coefficient (Wildman–Crippen LogP) is 1.39. The molecule has 1 aliphatic heterocycles. The Morgan fingerprint density at radius 2 is 2.62 bits per heavy atom. The minimum Gasteiger partial charge on any atom is -0.363 e. The Bertz CT molecular complexity index is 342. The van der Waals surface area contributed by atoms with Crippen LogP contribution < -0.4 is 10.6 Å². The van der Waals surface area contributed by atoms with Gasteiger partial charge in [-0.05, 0) is 25.8 Å². The molecule has 88 valence electrons. The normalized spacial score (nSPS) is 25.3. The highest BCUT2D eigenvalue weighted by atomic mass is 16.5. The summed E-state index contributed by atoms with van der Waals surface area (Å²) in [4.78, 5) is 12.2. The minimum absolute atomic E-state index is 0.0606. The fourth-order valence-corrected chi connectivity index (χ4v) is 2.15. The molecule has 0 spiro atoms. The van der Waals surface area contributed by atoms with Crippen LogP contribution >= 0.6 is 0 Å². The average Bonchev–Trinajstić information content (AvgIpc) is 2.82. The number of nitrogens with one attached hydrogen (secondary N) is 2. The van der Waals surface area contributed by atoms with Crippen molar-refractivity contribution in [3.63, 3.8) is 0 Å².